The summed E-state index contributed by atoms with van der Waals surface area (Å²) in [6, 6.07) is 12.6. The predicted octanol–water partition coefficient (Wildman–Crippen LogP) is 3.17. The quantitative estimate of drug-likeness (QED) is 0.718. The van der Waals surface area contributed by atoms with Gasteiger partial charge in [-0.1, -0.05) is 29.8 Å². The molecule has 0 spiro atoms. The van der Waals surface area contributed by atoms with Crippen molar-refractivity contribution in [3.8, 4) is 11.5 Å². The first-order valence-electron chi connectivity index (χ1n) is 8.47. The average molecular weight is 339 g/mol. The maximum atomic E-state index is 5.48. The number of aryl methyl sites for hydroxylation is 1. The van der Waals surface area contributed by atoms with Crippen molar-refractivity contribution in [2.75, 3.05) is 27.8 Å². The topological polar surface area (TPSA) is 48.3 Å². The van der Waals surface area contributed by atoms with Crippen LogP contribution in [0.2, 0.25) is 0 Å². The van der Waals surface area contributed by atoms with Crippen LogP contribution < -0.4 is 14.8 Å². The molecule has 0 atom stereocenters. The fourth-order valence-electron chi connectivity index (χ4n) is 2.98. The van der Waals surface area contributed by atoms with Crippen LogP contribution >= 0.6 is 0 Å². The van der Waals surface area contributed by atoms with Crippen molar-refractivity contribution >= 4 is 11.0 Å². The number of nitrogens with zero attached hydrogens (tertiary/aromatic N) is 2. The number of rotatable bonds is 7. The molecule has 2 aromatic carbocycles. The van der Waals surface area contributed by atoms with Gasteiger partial charge in [0.05, 0.1) is 25.3 Å². The van der Waals surface area contributed by atoms with Crippen molar-refractivity contribution in [1.82, 2.24) is 14.9 Å². The summed E-state index contributed by atoms with van der Waals surface area (Å²) >= 11 is 0. The molecule has 0 aliphatic heterocycles. The van der Waals surface area contributed by atoms with Gasteiger partial charge in [0.15, 0.2) is 11.5 Å². The van der Waals surface area contributed by atoms with E-state index in [1.165, 1.54) is 11.1 Å². The van der Waals surface area contributed by atoms with E-state index in [0.29, 0.717) is 5.75 Å². The van der Waals surface area contributed by atoms with Gasteiger partial charge in [0.1, 0.15) is 5.82 Å². The molecule has 0 saturated heterocycles. The van der Waals surface area contributed by atoms with E-state index in [9.17, 15) is 0 Å². The molecule has 0 aliphatic carbocycles. The van der Waals surface area contributed by atoms with Gasteiger partial charge in [0, 0.05) is 31.6 Å². The Kier molecular flexibility index (Phi) is 5.24. The summed E-state index contributed by atoms with van der Waals surface area (Å²) in [6.07, 6.45) is 0.863. The highest BCUT2D eigenvalue weighted by Crippen LogP contribution is 2.32. The zero-order valence-corrected chi connectivity index (χ0v) is 15.3. The van der Waals surface area contributed by atoms with Crippen LogP contribution in [-0.2, 0) is 13.0 Å². The predicted molar refractivity (Wildman–Crippen MR) is 101 cm³/mol. The van der Waals surface area contributed by atoms with E-state index < -0.39 is 0 Å². The summed E-state index contributed by atoms with van der Waals surface area (Å²) in [5, 5.41) is 3.20. The van der Waals surface area contributed by atoms with E-state index in [0.717, 1.165) is 42.1 Å². The normalized spacial score (nSPS) is 11.0. The fourth-order valence-corrected chi connectivity index (χ4v) is 2.98. The molecule has 1 heterocycles. The summed E-state index contributed by atoms with van der Waals surface area (Å²) in [7, 11) is 5.26. The Bertz CT molecular complexity index is 853. The summed E-state index contributed by atoms with van der Waals surface area (Å²) < 4.78 is 13.2. The molecule has 0 saturated carbocycles. The number of hydrogen-bond acceptors (Lipinski definition) is 4. The summed E-state index contributed by atoms with van der Waals surface area (Å²) in [4.78, 5) is 4.84. The Labute approximate surface area is 148 Å². The molecule has 5 nitrogen and oxygen atoms in total. The summed E-state index contributed by atoms with van der Waals surface area (Å²) in [5.74, 6) is 2.48. The lowest BCUT2D eigenvalue weighted by molar-refractivity contribution is 0.355. The van der Waals surface area contributed by atoms with E-state index in [4.69, 9.17) is 14.5 Å². The first kappa shape index (κ1) is 17.3. The molecule has 0 aliphatic rings. The largest absolute Gasteiger partial charge is 0.493 e. The van der Waals surface area contributed by atoms with Crippen LogP contribution in [0.15, 0.2) is 36.4 Å². The van der Waals surface area contributed by atoms with E-state index in [2.05, 4.69) is 41.1 Å². The molecule has 5 heteroatoms. The van der Waals surface area contributed by atoms with Gasteiger partial charge in [0.25, 0.3) is 0 Å². The maximum absolute atomic E-state index is 5.48. The minimum atomic E-state index is 0.704. The van der Waals surface area contributed by atoms with Crippen molar-refractivity contribution in [2.24, 2.45) is 0 Å². The molecule has 25 heavy (non-hydrogen) atoms. The Morgan fingerprint density at radius 1 is 1.04 bits per heavy atom. The molecule has 132 valence electrons. The van der Waals surface area contributed by atoms with Crippen LogP contribution in [0.25, 0.3) is 11.0 Å². The molecule has 1 N–H and O–H groups in total. The van der Waals surface area contributed by atoms with E-state index in [1.807, 2.05) is 19.2 Å². The molecule has 0 bridgehead atoms. The maximum Gasteiger partial charge on any atom is 0.163 e. The number of likely N-dealkylation sites (N-methyl/N-ethyl adjacent to an activating group) is 1. The van der Waals surface area contributed by atoms with Gasteiger partial charge in [-0.15, -0.1) is 0 Å². The zero-order chi connectivity index (χ0) is 17.8. The first-order valence-corrected chi connectivity index (χ1v) is 8.47. The van der Waals surface area contributed by atoms with Gasteiger partial charge in [-0.25, -0.2) is 4.98 Å². The van der Waals surface area contributed by atoms with Crippen LogP contribution in [0.5, 0.6) is 11.5 Å². The monoisotopic (exact) mass is 339 g/mol. The number of imidazole rings is 1. The number of benzene rings is 2. The number of aromatic nitrogens is 2. The van der Waals surface area contributed by atoms with E-state index in [1.54, 1.807) is 14.2 Å². The van der Waals surface area contributed by atoms with Crippen molar-refractivity contribution in [1.29, 1.82) is 0 Å². The van der Waals surface area contributed by atoms with Crippen molar-refractivity contribution in [3.63, 3.8) is 0 Å². The van der Waals surface area contributed by atoms with Gasteiger partial charge < -0.3 is 19.4 Å². The molecule has 0 radical (unpaired) electrons. The minimum absolute atomic E-state index is 0.704. The highest BCUT2D eigenvalue weighted by molar-refractivity contribution is 5.80. The number of methoxy groups -OCH3 is 2. The molecule has 1 aromatic heterocycles. The van der Waals surface area contributed by atoms with Gasteiger partial charge in [-0.05, 0) is 19.5 Å². The fraction of sp³-hybridized carbons (Fsp3) is 0.350. The van der Waals surface area contributed by atoms with Crippen LogP contribution in [0.3, 0.4) is 0 Å². The summed E-state index contributed by atoms with van der Waals surface area (Å²) in [6.45, 7) is 3.77. The molecular formula is C20H25N3O2. The summed E-state index contributed by atoms with van der Waals surface area (Å²) in [5.41, 5.74) is 4.51. The lowest BCUT2D eigenvalue weighted by Gasteiger charge is -2.11. The van der Waals surface area contributed by atoms with E-state index in [-0.39, 0.29) is 0 Å². The first-order chi connectivity index (χ1) is 12.2. The average Bonchev–Trinajstić information content (AvgIpc) is 2.97. The highest BCUT2D eigenvalue weighted by atomic mass is 16.5. The lowest BCUT2D eigenvalue weighted by Crippen LogP contribution is -2.14. The molecule has 0 unspecified atom stereocenters. The number of ether oxygens (including phenoxy) is 2. The van der Waals surface area contributed by atoms with Crippen LogP contribution in [0.1, 0.15) is 17.0 Å². The number of hydrogen-bond donors (Lipinski definition) is 1. The molecule has 3 rings (SSSR count). The smallest absolute Gasteiger partial charge is 0.163 e. The minimum Gasteiger partial charge on any atom is -0.493 e. The van der Waals surface area contributed by atoms with Gasteiger partial charge in [-0.2, -0.15) is 0 Å². The van der Waals surface area contributed by atoms with Crippen molar-refractivity contribution < 1.29 is 9.47 Å². The third-order valence-corrected chi connectivity index (χ3v) is 4.39. The second-order valence-electron chi connectivity index (χ2n) is 6.15. The number of fused-ring (bicyclic) bond motifs is 1. The Morgan fingerprint density at radius 2 is 1.72 bits per heavy atom. The Morgan fingerprint density at radius 3 is 2.36 bits per heavy atom. The van der Waals surface area contributed by atoms with Gasteiger partial charge >= 0.3 is 0 Å². The van der Waals surface area contributed by atoms with Gasteiger partial charge in [0.2, 0.25) is 0 Å². The van der Waals surface area contributed by atoms with E-state index >= 15 is 0 Å². The third kappa shape index (κ3) is 3.61. The molecule has 0 fully saturated rings. The third-order valence-electron chi connectivity index (χ3n) is 4.39. The molecule has 0 amide bonds. The Balaban J connectivity index is 2.09. The van der Waals surface area contributed by atoms with Crippen LogP contribution in [0.4, 0.5) is 0 Å². The standard InChI is InChI=1S/C20H25N3O2/c1-14-5-7-15(8-6-14)13-23-17-12-19(25-4)18(24-3)11-16(17)22-20(23)9-10-21-2/h5-8,11-12,21H,9-10,13H2,1-4H3. The molecule has 3 aromatic rings. The molecular weight excluding hydrogens is 314 g/mol. The highest BCUT2D eigenvalue weighted by Gasteiger charge is 2.15. The second kappa shape index (κ2) is 7.57. The zero-order valence-electron chi connectivity index (χ0n) is 15.3. The SMILES string of the molecule is CNCCc1nc2cc(OC)c(OC)cc2n1Cc1ccc(C)cc1. The Hall–Kier alpha value is -2.53. The van der Waals surface area contributed by atoms with Crippen LogP contribution in [-0.4, -0.2) is 37.4 Å². The lowest BCUT2D eigenvalue weighted by atomic mass is 10.1. The van der Waals surface area contributed by atoms with Gasteiger partial charge in [-0.3, -0.25) is 0 Å². The van der Waals surface area contributed by atoms with Crippen molar-refractivity contribution in [3.05, 3.63) is 53.3 Å². The second-order valence-corrected chi connectivity index (χ2v) is 6.15. The number of nitrogens with one attached hydrogen (secondary N) is 1. The van der Waals surface area contributed by atoms with Crippen molar-refractivity contribution in [2.45, 2.75) is 19.9 Å². The van der Waals surface area contributed by atoms with Crippen LogP contribution in [0, 0.1) is 6.92 Å².